The Labute approximate surface area is 200 Å². The monoisotopic (exact) mass is 471 g/mol. The van der Waals surface area contributed by atoms with Crippen molar-refractivity contribution in [3.63, 3.8) is 0 Å². The number of imide groups is 1. The first kappa shape index (κ1) is 24.6. The van der Waals surface area contributed by atoms with Crippen molar-refractivity contribution in [2.75, 3.05) is 19.8 Å². The highest BCUT2D eigenvalue weighted by atomic mass is 19.1. The van der Waals surface area contributed by atoms with Crippen molar-refractivity contribution >= 4 is 17.9 Å². The fourth-order valence-corrected chi connectivity index (χ4v) is 5.88. The summed E-state index contributed by atoms with van der Waals surface area (Å²) in [4.78, 5) is 27.4. The largest absolute Gasteiger partial charge is 0.505 e. The summed E-state index contributed by atoms with van der Waals surface area (Å²) >= 11 is 0. The van der Waals surface area contributed by atoms with E-state index in [0.29, 0.717) is 31.6 Å². The Morgan fingerprint density at radius 2 is 1.97 bits per heavy atom. The molecule has 0 saturated carbocycles. The van der Waals surface area contributed by atoms with E-state index in [-0.39, 0.29) is 42.1 Å². The molecule has 2 N–H and O–H groups in total. The molecule has 2 fully saturated rings. The van der Waals surface area contributed by atoms with Crippen LogP contribution in [0.2, 0.25) is 0 Å². The number of likely N-dealkylation sites (tertiary alicyclic amines) is 1. The standard InChI is InChI=1S/C27H34FNO5/c1-3-5-16(11-17-6-8-22(31)21(28)12-17)7-9-23-24-18(14-30)13-19-25(20(24)15-34-23)27(33)29(10-4-2)26(19)32/h6,8,11-12,19-20,23,25,30-31H,3-5,7,9-10,13-15H2,1-2H3/b16-11+/t19-,20+,23-,25-/m1/s1. The second-order valence-corrected chi connectivity index (χ2v) is 9.61. The number of fused-ring (bicyclic) bond motifs is 3. The Morgan fingerprint density at radius 3 is 2.65 bits per heavy atom. The maximum atomic E-state index is 13.8. The maximum Gasteiger partial charge on any atom is 0.233 e. The zero-order chi connectivity index (χ0) is 24.4. The summed E-state index contributed by atoms with van der Waals surface area (Å²) in [6.07, 6.45) is 6.13. The number of aliphatic hydroxyl groups excluding tert-OH is 1. The van der Waals surface area contributed by atoms with Crippen LogP contribution in [0.5, 0.6) is 5.75 Å². The van der Waals surface area contributed by atoms with Gasteiger partial charge in [0.2, 0.25) is 11.8 Å². The molecule has 0 aromatic heterocycles. The van der Waals surface area contributed by atoms with Gasteiger partial charge in [-0.1, -0.05) is 38.0 Å². The smallest absolute Gasteiger partial charge is 0.233 e. The molecule has 3 aliphatic rings. The molecule has 0 radical (unpaired) electrons. The van der Waals surface area contributed by atoms with Gasteiger partial charge in [0.1, 0.15) is 0 Å². The number of aliphatic hydroxyl groups is 1. The lowest BCUT2D eigenvalue weighted by Crippen LogP contribution is -2.35. The molecule has 0 unspecified atom stereocenters. The van der Waals surface area contributed by atoms with Crippen LogP contribution < -0.4 is 0 Å². The Morgan fingerprint density at radius 1 is 1.18 bits per heavy atom. The molecule has 34 heavy (non-hydrogen) atoms. The first-order valence-electron chi connectivity index (χ1n) is 12.4. The van der Waals surface area contributed by atoms with Crippen LogP contribution in [0, 0.1) is 23.6 Å². The van der Waals surface area contributed by atoms with Crippen LogP contribution in [-0.2, 0) is 14.3 Å². The number of rotatable bonds is 9. The second-order valence-electron chi connectivity index (χ2n) is 9.61. The molecular weight excluding hydrogens is 437 g/mol. The molecule has 2 heterocycles. The molecule has 0 spiro atoms. The predicted octanol–water partition coefficient (Wildman–Crippen LogP) is 4.21. The van der Waals surface area contributed by atoms with E-state index in [1.807, 2.05) is 13.0 Å². The molecule has 4 rings (SSSR count). The van der Waals surface area contributed by atoms with Crippen molar-refractivity contribution in [3.8, 4) is 5.75 Å². The van der Waals surface area contributed by atoms with E-state index in [1.54, 1.807) is 6.07 Å². The topological polar surface area (TPSA) is 87.1 Å². The molecule has 0 bridgehead atoms. The zero-order valence-corrected chi connectivity index (χ0v) is 19.9. The van der Waals surface area contributed by atoms with Gasteiger partial charge in [0.15, 0.2) is 11.6 Å². The van der Waals surface area contributed by atoms with Gasteiger partial charge in [-0.3, -0.25) is 14.5 Å². The first-order valence-corrected chi connectivity index (χ1v) is 12.4. The molecule has 184 valence electrons. The summed E-state index contributed by atoms with van der Waals surface area (Å²) in [6.45, 7) is 4.74. The van der Waals surface area contributed by atoms with Crippen LogP contribution in [0.3, 0.4) is 0 Å². The van der Waals surface area contributed by atoms with Crippen molar-refractivity contribution < 1.29 is 28.9 Å². The SMILES string of the molecule is CCC/C(=C\c1ccc(O)c(F)c1)CC[C@H]1OC[C@H]2C1=C(CO)C[C@H]1C(=O)N(CCC)C(=O)[C@H]12. The number of carbonyl (C=O) groups excluding carboxylic acids is 2. The third kappa shape index (κ3) is 4.56. The van der Waals surface area contributed by atoms with Crippen molar-refractivity contribution in [2.24, 2.45) is 17.8 Å². The Hall–Kier alpha value is -2.51. The number of nitrogens with zero attached hydrogens (tertiary/aromatic N) is 1. The highest BCUT2D eigenvalue weighted by molar-refractivity contribution is 6.05. The average molecular weight is 472 g/mol. The highest BCUT2D eigenvalue weighted by Crippen LogP contribution is 2.49. The first-order chi connectivity index (χ1) is 16.4. The highest BCUT2D eigenvalue weighted by Gasteiger charge is 2.56. The number of benzene rings is 1. The molecule has 4 atom stereocenters. The summed E-state index contributed by atoms with van der Waals surface area (Å²) in [5.41, 5.74) is 3.70. The number of phenols is 1. The molecule has 2 saturated heterocycles. The fraction of sp³-hybridized carbons (Fsp3) is 0.556. The van der Waals surface area contributed by atoms with Gasteiger partial charge in [0.05, 0.1) is 31.2 Å². The number of aromatic hydroxyl groups is 1. The summed E-state index contributed by atoms with van der Waals surface area (Å²) < 4.78 is 19.9. The quantitative estimate of drug-likeness (QED) is 0.416. The van der Waals surface area contributed by atoms with E-state index in [1.165, 1.54) is 17.0 Å². The van der Waals surface area contributed by atoms with Gasteiger partial charge >= 0.3 is 0 Å². The molecule has 6 nitrogen and oxygen atoms in total. The Bertz CT molecular complexity index is 1020. The third-order valence-corrected chi connectivity index (χ3v) is 7.38. The summed E-state index contributed by atoms with van der Waals surface area (Å²) in [5, 5.41) is 19.6. The number of halogens is 1. The zero-order valence-electron chi connectivity index (χ0n) is 19.9. The van der Waals surface area contributed by atoms with Crippen LogP contribution in [0.1, 0.15) is 57.9 Å². The van der Waals surface area contributed by atoms with Crippen molar-refractivity contribution in [2.45, 2.75) is 58.5 Å². The molecule has 1 aromatic rings. The Kier molecular flexibility index (Phi) is 7.53. The minimum atomic E-state index is -0.644. The molecule has 1 aliphatic carbocycles. The van der Waals surface area contributed by atoms with Crippen LogP contribution in [0.15, 0.2) is 34.9 Å². The van der Waals surface area contributed by atoms with E-state index in [9.17, 15) is 24.2 Å². The fourth-order valence-electron chi connectivity index (χ4n) is 5.88. The lowest BCUT2D eigenvalue weighted by atomic mass is 9.69. The number of ether oxygens (including phenoxy) is 1. The third-order valence-electron chi connectivity index (χ3n) is 7.38. The maximum absolute atomic E-state index is 13.8. The summed E-state index contributed by atoms with van der Waals surface area (Å²) in [6, 6.07) is 4.37. The molecule has 7 heteroatoms. The lowest BCUT2D eigenvalue weighted by molar-refractivity contribution is -0.140. The van der Waals surface area contributed by atoms with E-state index < -0.39 is 11.7 Å². The average Bonchev–Trinajstić information content (AvgIpc) is 3.34. The van der Waals surface area contributed by atoms with Gasteiger partial charge < -0.3 is 14.9 Å². The van der Waals surface area contributed by atoms with Crippen molar-refractivity contribution in [1.29, 1.82) is 0 Å². The van der Waals surface area contributed by atoms with Crippen molar-refractivity contribution in [3.05, 3.63) is 46.3 Å². The van der Waals surface area contributed by atoms with Gasteiger partial charge in [-0.15, -0.1) is 0 Å². The minimum Gasteiger partial charge on any atom is -0.505 e. The van der Waals surface area contributed by atoms with Gasteiger partial charge in [-0.2, -0.15) is 0 Å². The normalized spacial score (nSPS) is 26.9. The number of hydrogen-bond donors (Lipinski definition) is 2. The molecule has 2 aliphatic heterocycles. The number of carbonyl (C=O) groups is 2. The molecular formula is C27H34FNO5. The number of hydrogen-bond acceptors (Lipinski definition) is 5. The molecule has 2 amide bonds. The number of allylic oxidation sites excluding steroid dienone is 1. The summed E-state index contributed by atoms with van der Waals surface area (Å²) in [7, 11) is 0. The van der Waals surface area contributed by atoms with Gasteiger partial charge in [0.25, 0.3) is 0 Å². The molecule has 1 aromatic carbocycles. The predicted molar refractivity (Wildman–Crippen MR) is 126 cm³/mol. The van der Waals surface area contributed by atoms with Gasteiger partial charge in [0, 0.05) is 12.5 Å². The van der Waals surface area contributed by atoms with E-state index in [2.05, 4.69) is 6.92 Å². The van der Waals surface area contributed by atoms with E-state index in [0.717, 1.165) is 42.4 Å². The minimum absolute atomic E-state index is 0.0958. The van der Waals surface area contributed by atoms with Gasteiger partial charge in [-0.25, -0.2) is 4.39 Å². The Balaban J connectivity index is 1.53. The number of phenolic OH excluding ortho intramolecular Hbond substituents is 1. The van der Waals surface area contributed by atoms with E-state index in [4.69, 9.17) is 4.74 Å². The second kappa shape index (κ2) is 10.4. The summed E-state index contributed by atoms with van der Waals surface area (Å²) in [5.74, 6) is -2.16. The number of amides is 2. The lowest BCUT2D eigenvalue weighted by Gasteiger charge is -2.31. The van der Waals surface area contributed by atoms with Crippen LogP contribution in [0.25, 0.3) is 6.08 Å². The van der Waals surface area contributed by atoms with E-state index >= 15 is 0 Å². The van der Waals surface area contributed by atoms with Crippen LogP contribution in [0.4, 0.5) is 4.39 Å². The van der Waals surface area contributed by atoms with Crippen molar-refractivity contribution in [1.82, 2.24) is 4.90 Å². The van der Waals surface area contributed by atoms with Crippen LogP contribution >= 0.6 is 0 Å². The van der Waals surface area contributed by atoms with Crippen LogP contribution in [-0.4, -0.2) is 52.8 Å². The van der Waals surface area contributed by atoms with Gasteiger partial charge in [-0.05, 0) is 60.9 Å².